The number of nitrogens with one attached hydrogen (secondary N) is 1. The van der Waals surface area contributed by atoms with Gasteiger partial charge >= 0.3 is 0 Å². The molecule has 7 heteroatoms. The largest absolute Gasteiger partial charge is 0.394 e. The van der Waals surface area contributed by atoms with Crippen molar-refractivity contribution in [3.05, 3.63) is 9.47 Å². The van der Waals surface area contributed by atoms with E-state index in [-0.39, 0.29) is 28.0 Å². The van der Waals surface area contributed by atoms with Gasteiger partial charge in [0.1, 0.15) is 0 Å². The first kappa shape index (κ1) is 13.3. The molecule has 1 aromatic heterocycles. The van der Waals surface area contributed by atoms with Gasteiger partial charge in [-0.2, -0.15) is 0 Å². The monoisotopic (exact) mass is 263 g/mol. The molecule has 16 heavy (non-hydrogen) atoms. The number of amides is 1. The molecule has 5 nitrogen and oxygen atoms in total. The Hall–Kier alpha value is -0.720. The van der Waals surface area contributed by atoms with Crippen molar-refractivity contribution < 1.29 is 9.90 Å². The standard InChI is InChI=1S/C9H14ClN3O2S/c1-5(2)3-6(4-14)11-7(15)8-12-13-9(10)16-8/h5-6,14H,3-4H2,1-2H3,(H,11,15). The van der Waals surface area contributed by atoms with E-state index in [1.54, 1.807) is 0 Å². The van der Waals surface area contributed by atoms with Gasteiger partial charge in [0.15, 0.2) is 0 Å². The summed E-state index contributed by atoms with van der Waals surface area (Å²) in [6, 6.07) is -0.254. The molecule has 1 heterocycles. The molecule has 1 unspecified atom stereocenters. The van der Waals surface area contributed by atoms with E-state index >= 15 is 0 Å². The van der Waals surface area contributed by atoms with E-state index in [0.29, 0.717) is 5.92 Å². The first-order valence-corrected chi connectivity index (χ1v) is 6.13. The Balaban J connectivity index is 2.55. The van der Waals surface area contributed by atoms with Gasteiger partial charge in [-0.15, -0.1) is 10.2 Å². The average molecular weight is 264 g/mol. The quantitative estimate of drug-likeness (QED) is 0.840. The third-order valence-electron chi connectivity index (χ3n) is 1.91. The Labute approximate surface area is 103 Å². The third kappa shape index (κ3) is 4.03. The second-order valence-corrected chi connectivity index (χ2v) is 5.40. The van der Waals surface area contributed by atoms with Crippen LogP contribution in [0.4, 0.5) is 0 Å². The van der Waals surface area contributed by atoms with Gasteiger partial charge in [-0.3, -0.25) is 4.79 Å². The Kier molecular flexibility index (Phi) is 5.11. The molecular formula is C9H14ClN3O2S. The number of hydrogen-bond donors (Lipinski definition) is 2. The highest BCUT2D eigenvalue weighted by atomic mass is 35.5. The number of hydrogen-bond acceptors (Lipinski definition) is 5. The summed E-state index contributed by atoms with van der Waals surface area (Å²) < 4.78 is 0.231. The van der Waals surface area contributed by atoms with E-state index in [4.69, 9.17) is 16.7 Å². The predicted molar refractivity (Wildman–Crippen MR) is 62.7 cm³/mol. The zero-order valence-electron chi connectivity index (χ0n) is 9.11. The van der Waals surface area contributed by atoms with Crippen LogP contribution in [0.25, 0.3) is 0 Å². The van der Waals surface area contributed by atoms with Crippen molar-refractivity contribution in [2.75, 3.05) is 6.61 Å². The fourth-order valence-electron chi connectivity index (χ4n) is 1.29. The number of aromatic nitrogens is 2. The number of carbonyl (C=O) groups is 1. The number of halogens is 1. The zero-order valence-corrected chi connectivity index (χ0v) is 10.7. The van der Waals surface area contributed by atoms with Gasteiger partial charge < -0.3 is 10.4 Å². The van der Waals surface area contributed by atoms with Gasteiger partial charge in [-0.1, -0.05) is 25.2 Å². The van der Waals surface area contributed by atoms with Crippen LogP contribution in [0.15, 0.2) is 0 Å². The van der Waals surface area contributed by atoms with Crippen molar-refractivity contribution in [2.24, 2.45) is 5.92 Å². The van der Waals surface area contributed by atoms with Crippen LogP contribution in [0.2, 0.25) is 4.47 Å². The highest BCUT2D eigenvalue weighted by molar-refractivity contribution is 7.17. The van der Waals surface area contributed by atoms with Crippen LogP contribution in [0, 0.1) is 5.92 Å². The molecule has 0 saturated heterocycles. The lowest BCUT2D eigenvalue weighted by molar-refractivity contribution is 0.0907. The summed E-state index contributed by atoms with van der Waals surface area (Å²) in [7, 11) is 0. The van der Waals surface area contributed by atoms with Crippen molar-refractivity contribution in [1.29, 1.82) is 0 Å². The first-order valence-electron chi connectivity index (χ1n) is 4.93. The van der Waals surface area contributed by atoms with Crippen molar-refractivity contribution in [3.8, 4) is 0 Å². The van der Waals surface area contributed by atoms with Crippen LogP contribution in [0.1, 0.15) is 30.1 Å². The Morgan fingerprint density at radius 1 is 1.56 bits per heavy atom. The summed E-state index contributed by atoms with van der Waals surface area (Å²) in [6.45, 7) is 3.96. The predicted octanol–water partition coefficient (Wildman–Crippen LogP) is 1.33. The highest BCUT2D eigenvalue weighted by Gasteiger charge is 2.17. The molecule has 1 aromatic rings. The zero-order chi connectivity index (χ0) is 12.1. The fourth-order valence-corrected chi connectivity index (χ4v) is 2.02. The Morgan fingerprint density at radius 2 is 2.25 bits per heavy atom. The topological polar surface area (TPSA) is 75.1 Å². The fraction of sp³-hybridized carbons (Fsp3) is 0.667. The maximum Gasteiger partial charge on any atom is 0.282 e. The number of aliphatic hydroxyl groups is 1. The Morgan fingerprint density at radius 3 is 2.69 bits per heavy atom. The van der Waals surface area contributed by atoms with Crippen LogP contribution in [0.5, 0.6) is 0 Å². The summed E-state index contributed by atoms with van der Waals surface area (Å²) in [5.74, 6) is 0.0551. The third-order valence-corrected chi connectivity index (χ3v) is 2.92. The molecule has 0 fully saturated rings. The summed E-state index contributed by atoms with van der Waals surface area (Å²) in [5, 5.41) is 19.2. The molecule has 0 aliphatic rings. The SMILES string of the molecule is CC(C)CC(CO)NC(=O)c1nnc(Cl)s1. The molecule has 2 N–H and O–H groups in total. The number of aliphatic hydroxyl groups excluding tert-OH is 1. The maximum atomic E-state index is 11.6. The van der Waals surface area contributed by atoms with Gasteiger partial charge in [0.2, 0.25) is 9.47 Å². The second kappa shape index (κ2) is 6.12. The van der Waals surface area contributed by atoms with E-state index in [2.05, 4.69) is 15.5 Å². The molecule has 0 spiro atoms. The van der Waals surface area contributed by atoms with E-state index in [9.17, 15) is 4.79 Å². The lowest BCUT2D eigenvalue weighted by atomic mass is 10.0. The number of nitrogens with zero attached hydrogens (tertiary/aromatic N) is 2. The minimum absolute atomic E-state index is 0.0868. The first-order chi connectivity index (χ1) is 7.52. The van der Waals surface area contributed by atoms with Crippen LogP contribution >= 0.6 is 22.9 Å². The molecule has 1 amide bonds. The van der Waals surface area contributed by atoms with E-state index in [1.807, 2.05) is 13.8 Å². The Bertz CT molecular complexity index is 356. The summed E-state index contributed by atoms with van der Waals surface area (Å²) in [5.41, 5.74) is 0. The van der Waals surface area contributed by atoms with Gasteiger partial charge in [-0.25, -0.2) is 0 Å². The van der Waals surface area contributed by atoms with Gasteiger partial charge in [0, 0.05) is 0 Å². The molecule has 0 radical (unpaired) electrons. The van der Waals surface area contributed by atoms with Crippen molar-refractivity contribution in [1.82, 2.24) is 15.5 Å². The normalized spacial score (nSPS) is 12.8. The maximum absolute atomic E-state index is 11.6. The van der Waals surface area contributed by atoms with Crippen molar-refractivity contribution in [2.45, 2.75) is 26.3 Å². The van der Waals surface area contributed by atoms with E-state index in [1.165, 1.54) is 0 Å². The lowest BCUT2D eigenvalue weighted by Gasteiger charge is -2.17. The summed E-state index contributed by atoms with van der Waals surface area (Å²) >= 11 is 6.59. The van der Waals surface area contributed by atoms with Crippen molar-refractivity contribution in [3.63, 3.8) is 0 Å². The smallest absolute Gasteiger partial charge is 0.282 e. The van der Waals surface area contributed by atoms with Crippen LogP contribution in [-0.2, 0) is 0 Å². The van der Waals surface area contributed by atoms with Gasteiger partial charge in [0.05, 0.1) is 12.6 Å². The lowest BCUT2D eigenvalue weighted by Crippen LogP contribution is -2.38. The van der Waals surface area contributed by atoms with E-state index in [0.717, 1.165) is 17.8 Å². The molecule has 0 aromatic carbocycles. The summed E-state index contributed by atoms with van der Waals surface area (Å²) in [6.07, 6.45) is 0.717. The minimum Gasteiger partial charge on any atom is -0.394 e. The molecule has 0 aliphatic heterocycles. The second-order valence-electron chi connectivity index (χ2n) is 3.84. The van der Waals surface area contributed by atoms with E-state index < -0.39 is 0 Å². The molecule has 90 valence electrons. The molecule has 1 rings (SSSR count). The molecular weight excluding hydrogens is 250 g/mol. The highest BCUT2D eigenvalue weighted by Crippen LogP contribution is 2.15. The van der Waals surface area contributed by atoms with Gasteiger partial charge in [-0.05, 0) is 23.9 Å². The van der Waals surface area contributed by atoms with Crippen LogP contribution in [-0.4, -0.2) is 33.9 Å². The van der Waals surface area contributed by atoms with Crippen molar-refractivity contribution >= 4 is 28.8 Å². The molecule has 0 saturated carbocycles. The number of rotatable bonds is 5. The molecule has 1 atom stereocenters. The van der Waals surface area contributed by atoms with Gasteiger partial charge in [0.25, 0.3) is 5.91 Å². The average Bonchev–Trinajstić information content (AvgIpc) is 2.63. The molecule has 0 aliphatic carbocycles. The molecule has 0 bridgehead atoms. The number of carbonyl (C=O) groups excluding carboxylic acids is 1. The van der Waals surface area contributed by atoms with Crippen LogP contribution in [0.3, 0.4) is 0 Å². The minimum atomic E-state index is -0.343. The summed E-state index contributed by atoms with van der Waals surface area (Å²) in [4.78, 5) is 11.6. The van der Waals surface area contributed by atoms with Crippen LogP contribution < -0.4 is 5.32 Å².